The molecule has 0 N–H and O–H groups in total. The molecule has 2 aromatic heterocycles. The van der Waals surface area contributed by atoms with Crippen molar-refractivity contribution in [3.05, 3.63) is 72.1 Å². The number of carbonyl (C=O) groups excluding carboxylic acids is 2. The summed E-state index contributed by atoms with van der Waals surface area (Å²) in [6.45, 7) is -0.211. The highest BCUT2D eigenvalue weighted by atomic mass is 32.1. The Morgan fingerprint density at radius 3 is 2.72 bits per heavy atom. The van der Waals surface area contributed by atoms with Gasteiger partial charge in [-0.15, -0.1) is 11.3 Å². The number of thiazole rings is 1. The van der Waals surface area contributed by atoms with Crippen molar-refractivity contribution in [2.24, 2.45) is 0 Å². The quantitative estimate of drug-likeness (QED) is 0.372. The van der Waals surface area contributed by atoms with Crippen molar-refractivity contribution in [1.82, 2.24) is 14.3 Å². The number of aromatic nitrogens is 2. The Hall–Kier alpha value is -3.40. The number of benzene rings is 1. The third kappa shape index (κ3) is 2.59. The van der Waals surface area contributed by atoms with Gasteiger partial charge in [-0.25, -0.2) is 4.98 Å². The highest BCUT2D eigenvalue weighted by Gasteiger charge is 2.41. The molecule has 5 rings (SSSR count). The first-order valence-electron chi connectivity index (χ1n) is 9.12. The van der Waals surface area contributed by atoms with Crippen LogP contribution in [0.5, 0.6) is 0 Å². The second kappa shape index (κ2) is 6.31. The third-order valence-corrected chi connectivity index (χ3v) is 6.45. The van der Waals surface area contributed by atoms with Gasteiger partial charge in [-0.3, -0.25) is 33.8 Å². The third-order valence-electron chi connectivity index (χ3n) is 5.31. The second-order valence-electron chi connectivity index (χ2n) is 7.04. The minimum Gasteiger partial charge on any atom is -0.269 e. The van der Waals surface area contributed by atoms with E-state index in [1.807, 2.05) is 0 Å². The van der Waals surface area contributed by atoms with E-state index in [1.54, 1.807) is 4.40 Å². The second-order valence-corrected chi connectivity index (χ2v) is 8.10. The maximum atomic E-state index is 12.7. The van der Waals surface area contributed by atoms with E-state index in [0.29, 0.717) is 4.96 Å². The fourth-order valence-electron chi connectivity index (χ4n) is 4.00. The first kappa shape index (κ1) is 17.7. The number of rotatable bonds is 3. The Kier molecular flexibility index (Phi) is 3.85. The van der Waals surface area contributed by atoms with Gasteiger partial charge in [0.2, 0.25) is 0 Å². The van der Waals surface area contributed by atoms with Crippen LogP contribution in [0.1, 0.15) is 49.8 Å². The maximum Gasteiger partial charge on any atom is 0.282 e. The number of nitro benzene ring substituents is 1. The summed E-state index contributed by atoms with van der Waals surface area (Å²) in [6.07, 6.45) is 3.86. The van der Waals surface area contributed by atoms with Crippen LogP contribution in [0.25, 0.3) is 4.96 Å². The van der Waals surface area contributed by atoms with Crippen LogP contribution in [-0.2, 0) is 19.4 Å². The first-order chi connectivity index (χ1) is 14.0. The van der Waals surface area contributed by atoms with Crippen molar-refractivity contribution in [1.29, 1.82) is 0 Å². The Morgan fingerprint density at radius 2 is 1.93 bits per heavy atom. The number of amides is 2. The van der Waals surface area contributed by atoms with Gasteiger partial charge in [0.25, 0.3) is 23.1 Å². The maximum absolute atomic E-state index is 12.7. The summed E-state index contributed by atoms with van der Waals surface area (Å²) in [5.74, 6) is -1.37. The smallest absolute Gasteiger partial charge is 0.269 e. The first-order valence-corrected chi connectivity index (χ1v) is 9.94. The molecule has 0 atom stereocenters. The lowest BCUT2D eigenvalue weighted by atomic mass is 10.0. The van der Waals surface area contributed by atoms with Crippen molar-refractivity contribution in [2.75, 3.05) is 0 Å². The summed E-state index contributed by atoms with van der Waals surface area (Å²) in [4.78, 5) is 55.7. The van der Waals surface area contributed by atoms with Gasteiger partial charge in [0, 0.05) is 22.7 Å². The molecule has 0 fully saturated rings. The van der Waals surface area contributed by atoms with Crippen LogP contribution in [0, 0.1) is 10.1 Å². The molecule has 3 aromatic rings. The molecule has 1 aromatic carbocycles. The van der Waals surface area contributed by atoms with Crippen LogP contribution in [0.3, 0.4) is 0 Å². The van der Waals surface area contributed by atoms with E-state index in [4.69, 9.17) is 0 Å². The van der Waals surface area contributed by atoms with Gasteiger partial charge in [-0.05, 0) is 31.7 Å². The largest absolute Gasteiger partial charge is 0.282 e. The average Bonchev–Trinajstić information content (AvgIpc) is 3.19. The number of carbonyl (C=O) groups is 2. The number of hydrogen-bond acceptors (Lipinski definition) is 7. The van der Waals surface area contributed by atoms with Gasteiger partial charge in [-0.2, -0.15) is 0 Å². The SMILES string of the molecule is O=C1c2cccc([N+](=O)[O-])c2C(=O)N1Cc1cc(=O)n2c3c(sc2n1)CCCC3. The highest BCUT2D eigenvalue weighted by Crippen LogP contribution is 2.32. The lowest BCUT2D eigenvalue weighted by molar-refractivity contribution is -0.385. The standard InChI is InChI=1S/C19H14N4O5S/c24-15-8-10(20-19-22(15)12-5-1-2-7-14(12)29-19)9-21-17(25)11-4-3-6-13(23(27)28)16(11)18(21)26/h3-4,6,8H,1-2,5,7,9H2. The van der Waals surface area contributed by atoms with E-state index in [0.717, 1.165) is 41.2 Å². The predicted molar refractivity (Wildman–Crippen MR) is 103 cm³/mol. The van der Waals surface area contributed by atoms with Crippen molar-refractivity contribution in [3.63, 3.8) is 0 Å². The molecule has 10 heteroatoms. The van der Waals surface area contributed by atoms with E-state index in [2.05, 4.69) is 4.98 Å². The summed E-state index contributed by atoms with van der Waals surface area (Å²) in [5, 5.41) is 11.2. The molecule has 29 heavy (non-hydrogen) atoms. The van der Waals surface area contributed by atoms with Gasteiger partial charge in [0.1, 0.15) is 5.56 Å². The summed E-state index contributed by atoms with van der Waals surface area (Å²) in [5.41, 5.74) is 0.410. The monoisotopic (exact) mass is 410 g/mol. The van der Waals surface area contributed by atoms with Crippen LogP contribution < -0.4 is 5.56 Å². The molecule has 9 nitrogen and oxygen atoms in total. The molecule has 146 valence electrons. The molecule has 0 spiro atoms. The fraction of sp³-hybridized carbons (Fsp3) is 0.263. The molecular weight excluding hydrogens is 396 g/mol. The van der Waals surface area contributed by atoms with Gasteiger partial charge in [0.15, 0.2) is 4.96 Å². The number of aryl methyl sites for hydroxylation is 2. The molecule has 0 saturated carbocycles. The highest BCUT2D eigenvalue weighted by molar-refractivity contribution is 7.17. The fourth-order valence-corrected chi connectivity index (χ4v) is 5.23. The minimum atomic E-state index is -0.746. The molecule has 3 heterocycles. The zero-order valence-corrected chi connectivity index (χ0v) is 15.9. The summed E-state index contributed by atoms with van der Waals surface area (Å²) >= 11 is 1.46. The predicted octanol–water partition coefficient (Wildman–Crippen LogP) is 2.34. The van der Waals surface area contributed by atoms with Crippen LogP contribution in [0.2, 0.25) is 0 Å². The average molecular weight is 410 g/mol. The summed E-state index contributed by atoms with van der Waals surface area (Å²) < 4.78 is 1.61. The Labute approximate surface area is 167 Å². The van der Waals surface area contributed by atoms with Gasteiger partial charge >= 0.3 is 0 Å². The van der Waals surface area contributed by atoms with Crippen LogP contribution in [0.15, 0.2) is 29.1 Å². The summed E-state index contributed by atoms with van der Waals surface area (Å²) in [7, 11) is 0. The Bertz CT molecular complexity index is 1290. The van der Waals surface area contributed by atoms with Crippen LogP contribution in [-0.4, -0.2) is 31.0 Å². The van der Waals surface area contributed by atoms with Crippen LogP contribution >= 0.6 is 11.3 Å². The van der Waals surface area contributed by atoms with Crippen LogP contribution in [0.4, 0.5) is 5.69 Å². The van der Waals surface area contributed by atoms with E-state index in [-0.39, 0.29) is 28.9 Å². The van der Waals surface area contributed by atoms with Crippen molar-refractivity contribution in [2.45, 2.75) is 32.2 Å². The Balaban J connectivity index is 1.54. The van der Waals surface area contributed by atoms with E-state index < -0.39 is 22.4 Å². The summed E-state index contributed by atoms with van der Waals surface area (Å²) in [6, 6.07) is 5.28. The zero-order valence-electron chi connectivity index (χ0n) is 15.1. The lowest BCUT2D eigenvalue weighted by Gasteiger charge is -2.13. The van der Waals surface area contributed by atoms with Gasteiger partial charge in [0.05, 0.1) is 22.7 Å². The number of imide groups is 1. The van der Waals surface area contributed by atoms with E-state index in [1.165, 1.54) is 35.6 Å². The molecule has 2 aliphatic rings. The molecule has 1 aliphatic heterocycles. The number of fused-ring (bicyclic) bond motifs is 4. The molecule has 0 radical (unpaired) electrons. The molecule has 0 saturated heterocycles. The van der Waals surface area contributed by atoms with Gasteiger partial charge in [-0.1, -0.05) is 6.07 Å². The molecule has 0 unspecified atom stereocenters. The van der Waals surface area contributed by atoms with Crippen molar-refractivity contribution >= 4 is 33.8 Å². The molecule has 2 amide bonds. The minimum absolute atomic E-state index is 0.00594. The van der Waals surface area contributed by atoms with Gasteiger partial charge < -0.3 is 0 Å². The van der Waals surface area contributed by atoms with Crippen molar-refractivity contribution in [3.8, 4) is 0 Å². The van der Waals surface area contributed by atoms with Crippen molar-refractivity contribution < 1.29 is 14.5 Å². The van der Waals surface area contributed by atoms with E-state index >= 15 is 0 Å². The topological polar surface area (TPSA) is 115 Å². The molecule has 0 bridgehead atoms. The number of nitrogens with zero attached hydrogens (tertiary/aromatic N) is 4. The Morgan fingerprint density at radius 1 is 1.14 bits per heavy atom. The normalized spacial score (nSPS) is 15.7. The number of nitro groups is 1. The van der Waals surface area contributed by atoms with E-state index in [9.17, 15) is 24.5 Å². The molecule has 1 aliphatic carbocycles. The number of hydrogen-bond donors (Lipinski definition) is 0. The lowest BCUT2D eigenvalue weighted by Crippen LogP contribution is -2.30. The molecular formula is C19H14N4O5S. The zero-order chi connectivity index (χ0) is 20.3.